The van der Waals surface area contributed by atoms with Gasteiger partial charge in [-0.05, 0) is 29.8 Å². The van der Waals surface area contributed by atoms with Crippen molar-refractivity contribution < 1.29 is 9.00 Å². The lowest BCUT2D eigenvalue weighted by Gasteiger charge is -2.05. The second kappa shape index (κ2) is 7.96. The third-order valence-corrected chi connectivity index (χ3v) is 4.42. The maximum absolute atomic E-state index is 12.0. The molecule has 0 aliphatic heterocycles. The zero-order chi connectivity index (χ0) is 15.1. The van der Waals surface area contributed by atoms with Gasteiger partial charge in [0.15, 0.2) is 0 Å². The molecule has 0 saturated carbocycles. The van der Waals surface area contributed by atoms with Gasteiger partial charge in [0.05, 0.1) is 0 Å². The fraction of sp³-hybridized carbons (Fsp3) is 0.188. The van der Waals surface area contributed by atoms with Crippen LogP contribution in [-0.4, -0.2) is 15.9 Å². The molecule has 0 spiro atoms. The van der Waals surface area contributed by atoms with Gasteiger partial charge in [-0.3, -0.25) is 9.00 Å². The number of carbonyl (C=O) groups is 1. The van der Waals surface area contributed by atoms with Crippen molar-refractivity contribution in [2.75, 3.05) is 11.1 Å². The highest BCUT2D eigenvalue weighted by Crippen LogP contribution is 2.11. The van der Waals surface area contributed by atoms with Crippen molar-refractivity contribution in [1.82, 2.24) is 0 Å². The average Bonchev–Trinajstić information content (AvgIpc) is 2.49. The molecule has 0 aliphatic carbocycles. The molecule has 2 rings (SSSR count). The van der Waals surface area contributed by atoms with E-state index in [-0.39, 0.29) is 12.3 Å². The van der Waals surface area contributed by atoms with Crippen LogP contribution in [0.15, 0.2) is 54.6 Å². The molecule has 2 aromatic carbocycles. The molecule has 0 unspecified atom stereocenters. The van der Waals surface area contributed by atoms with Crippen LogP contribution >= 0.6 is 11.6 Å². The molecule has 0 aromatic heterocycles. The normalized spacial score (nSPS) is 11.9. The molecule has 0 saturated heterocycles. The minimum absolute atomic E-state index is 0.120. The van der Waals surface area contributed by atoms with Crippen LogP contribution in [0.25, 0.3) is 0 Å². The first-order chi connectivity index (χ1) is 10.1. The fourth-order valence-corrected chi connectivity index (χ4v) is 3.04. The minimum atomic E-state index is -1.06. The van der Waals surface area contributed by atoms with Gasteiger partial charge in [0.2, 0.25) is 5.91 Å². The number of hydrogen-bond acceptors (Lipinski definition) is 2. The first-order valence-corrected chi connectivity index (χ1v) is 8.44. The summed E-state index contributed by atoms with van der Waals surface area (Å²) in [6, 6.07) is 16.5. The second-order valence-electron chi connectivity index (χ2n) is 4.58. The Morgan fingerprint density at radius 2 is 1.71 bits per heavy atom. The molecule has 3 nitrogen and oxygen atoms in total. The number of rotatable bonds is 6. The number of carbonyl (C=O) groups excluding carboxylic acids is 1. The van der Waals surface area contributed by atoms with Crippen LogP contribution in [0.1, 0.15) is 12.0 Å². The number of para-hydroxylation sites is 1. The van der Waals surface area contributed by atoms with Gasteiger partial charge in [-0.25, -0.2) is 0 Å². The van der Waals surface area contributed by atoms with Crippen molar-refractivity contribution in [3.63, 3.8) is 0 Å². The van der Waals surface area contributed by atoms with Gasteiger partial charge in [0, 0.05) is 39.4 Å². The Balaban J connectivity index is 1.76. The molecule has 0 heterocycles. The molecule has 21 heavy (non-hydrogen) atoms. The highest BCUT2D eigenvalue weighted by Gasteiger charge is 2.07. The summed E-state index contributed by atoms with van der Waals surface area (Å²) in [6.07, 6.45) is 0.245. The first kappa shape index (κ1) is 15.7. The van der Waals surface area contributed by atoms with Crippen molar-refractivity contribution in [2.45, 2.75) is 12.2 Å². The van der Waals surface area contributed by atoms with E-state index in [1.807, 2.05) is 42.5 Å². The van der Waals surface area contributed by atoms with Crippen molar-refractivity contribution in [3.8, 4) is 0 Å². The van der Waals surface area contributed by atoms with Crippen LogP contribution in [0.2, 0.25) is 5.02 Å². The van der Waals surface area contributed by atoms with E-state index in [4.69, 9.17) is 11.6 Å². The summed E-state index contributed by atoms with van der Waals surface area (Å²) >= 11 is 5.80. The van der Waals surface area contributed by atoms with E-state index < -0.39 is 10.8 Å². The largest absolute Gasteiger partial charge is 0.326 e. The van der Waals surface area contributed by atoms with E-state index in [2.05, 4.69) is 5.32 Å². The molecule has 0 aliphatic rings. The highest BCUT2D eigenvalue weighted by atomic mass is 35.5. The van der Waals surface area contributed by atoms with Crippen molar-refractivity contribution in [3.05, 3.63) is 65.2 Å². The Hall–Kier alpha value is -1.65. The van der Waals surface area contributed by atoms with Crippen molar-refractivity contribution >= 4 is 34.0 Å². The standard InChI is InChI=1S/C16H16ClNO2S/c17-14-8-6-13(7-9-14)12-21(20)11-10-16(19)18-15-4-2-1-3-5-15/h1-9H,10-12H2,(H,18,19)/t21-/m0/s1. The SMILES string of the molecule is O=C(CC[S@](=O)Cc1ccc(Cl)cc1)Nc1ccccc1. The van der Waals surface area contributed by atoms with Crippen LogP contribution in [-0.2, 0) is 21.3 Å². The number of hydrogen-bond donors (Lipinski definition) is 1. The summed E-state index contributed by atoms with van der Waals surface area (Å²) in [5.41, 5.74) is 1.71. The summed E-state index contributed by atoms with van der Waals surface area (Å²) in [6.45, 7) is 0. The zero-order valence-corrected chi connectivity index (χ0v) is 13.0. The van der Waals surface area contributed by atoms with Gasteiger partial charge < -0.3 is 5.32 Å². The van der Waals surface area contributed by atoms with E-state index in [0.717, 1.165) is 11.3 Å². The predicted molar refractivity (Wildman–Crippen MR) is 87.9 cm³/mol. The van der Waals surface area contributed by atoms with Crippen LogP contribution in [0.5, 0.6) is 0 Å². The summed E-state index contributed by atoms with van der Waals surface area (Å²) in [4.78, 5) is 11.8. The van der Waals surface area contributed by atoms with Crippen LogP contribution in [0.3, 0.4) is 0 Å². The molecule has 1 N–H and O–H groups in total. The Morgan fingerprint density at radius 3 is 2.38 bits per heavy atom. The second-order valence-corrected chi connectivity index (χ2v) is 6.59. The lowest BCUT2D eigenvalue weighted by molar-refractivity contribution is -0.115. The number of anilines is 1. The van der Waals surface area contributed by atoms with Gasteiger partial charge in [0.25, 0.3) is 0 Å². The molecule has 0 bridgehead atoms. The maximum atomic E-state index is 12.0. The van der Waals surface area contributed by atoms with Crippen LogP contribution in [0.4, 0.5) is 5.69 Å². The van der Waals surface area contributed by atoms with E-state index in [9.17, 15) is 9.00 Å². The van der Waals surface area contributed by atoms with Gasteiger partial charge >= 0.3 is 0 Å². The number of halogens is 1. The predicted octanol–water partition coefficient (Wildman–Crippen LogP) is 3.62. The minimum Gasteiger partial charge on any atom is -0.326 e. The topological polar surface area (TPSA) is 46.2 Å². The fourth-order valence-electron chi connectivity index (χ4n) is 1.79. The maximum Gasteiger partial charge on any atom is 0.225 e. The monoisotopic (exact) mass is 321 g/mol. The molecular weight excluding hydrogens is 306 g/mol. The van der Waals surface area contributed by atoms with E-state index >= 15 is 0 Å². The molecule has 110 valence electrons. The molecule has 0 fully saturated rings. The molecule has 5 heteroatoms. The Morgan fingerprint density at radius 1 is 1.05 bits per heavy atom. The third-order valence-electron chi connectivity index (χ3n) is 2.86. The summed E-state index contributed by atoms with van der Waals surface area (Å²) in [5, 5.41) is 3.44. The molecule has 2 aromatic rings. The molecule has 0 radical (unpaired) electrons. The van der Waals surface area contributed by atoms with E-state index in [1.54, 1.807) is 12.1 Å². The lowest BCUT2D eigenvalue weighted by Crippen LogP contribution is -2.15. The van der Waals surface area contributed by atoms with Crippen LogP contribution in [0, 0.1) is 0 Å². The summed E-state index contributed by atoms with van der Waals surface area (Å²) < 4.78 is 12.0. The lowest BCUT2D eigenvalue weighted by atomic mass is 10.2. The highest BCUT2D eigenvalue weighted by molar-refractivity contribution is 7.84. The Bertz CT molecular complexity index is 614. The quantitative estimate of drug-likeness (QED) is 0.883. The van der Waals surface area contributed by atoms with Gasteiger partial charge in [-0.1, -0.05) is 41.9 Å². The average molecular weight is 322 g/mol. The first-order valence-electron chi connectivity index (χ1n) is 6.58. The summed E-state index contributed by atoms with van der Waals surface area (Å²) in [7, 11) is -1.06. The van der Waals surface area contributed by atoms with Crippen molar-refractivity contribution in [1.29, 1.82) is 0 Å². The smallest absolute Gasteiger partial charge is 0.225 e. The Labute approximate surface area is 131 Å². The summed E-state index contributed by atoms with van der Waals surface area (Å²) in [5.74, 6) is 0.669. The van der Waals surface area contributed by atoms with Gasteiger partial charge in [-0.15, -0.1) is 0 Å². The van der Waals surface area contributed by atoms with Crippen molar-refractivity contribution in [2.24, 2.45) is 0 Å². The third kappa shape index (κ3) is 5.69. The number of nitrogens with one attached hydrogen (secondary N) is 1. The molecule has 1 amide bonds. The van der Waals surface area contributed by atoms with Gasteiger partial charge in [-0.2, -0.15) is 0 Å². The number of benzene rings is 2. The Kier molecular flexibility index (Phi) is 5.96. The van der Waals surface area contributed by atoms with Gasteiger partial charge in [0.1, 0.15) is 0 Å². The van der Waals surface area contributed by atoms with E-state index in [1.165, 1.54) is 0 Å². The number of amides is 1. The van der Waals surface area contributed by atoms with E-state index in [0.29, 0.717) is 16.5 Å². The zero-order valence-electron chi connectivity index (χ0n) is 11.4. The van der Waals surface area contributed by atoms with Crippen LogP contribution < -0.4 is 5.32 Å². The molecule has 1 atom stereocenters. The molecular formula is C16H16ClNO2S.